The highest BCUT2D eigenvalue weighted by Crippen LogP contribution is 2.20. The molecule has 1 N–H and O–H groups in total. The predicted molar refractivity (Wildman–Crippen MR) is 65.4 cm³/mol. The molecule has 1 saturated carbocycles. The fourth-order valence-electron chi connectivity index (χ4n) is 1.91. The Balaban J connectivity index is 1.72. The molecule has 0 spiro atoms. The molecule has 1 aromatic heterocycles. The van der Waals surface area contributed by atoms with E-state index in [1.165, 1.54) is 24.0 Å². The van der Waals surface area contributed by atoms with Crippen LogP contribution >= 0.6 is 0 Å². The molecule has 0 amide bonds. The molecular weight excluding hydrogens is 212 g/mol. The summed E-state index contributed by atoms with van der Waals surface area (Å²) >= 11 is 0. The van der Waals surface area contributed by atoms with Gasteiger partial charge in [-0.15, -0.1) is 0 Å². The van der Waals surface area contributed by atoms with Crippen LogP contribution in [0.15, 0.2) is 36.9 Å². The van der Waals surface area contributed by atoms with E-state index in [9.17, 15) is 0 Å². The molecule has 88 valence electrons. The van der Waals surface area contributed by atoms with Gasteiger partial charge in [-0.3, -0.25) is 0 Å². The normalized spacial score (nSPS) is 15.1. The van der Waals surface area contributed by atoms with Crippen LogP contribution in [0.4, 0.5) is 0 Å². The maximum atomic E-state index is 4.15. The summed E-state index contributed by atoms with van der Waals surface area (Å²) in [5, 5.41) is 7.69. The number of nitrogens with one attached hydrogen (secondary N) is 1. The average molecular weight is 228 g/mol. The lowest BCUT2D eigenvalue weighted by Gasteiger charge is -2.10. The Morgan fingerprint density at radius 2 is 2.06 bits per heavy atom. The zero-order valence-corrected chi connectivity index (χ0v) is 9.71. The Morgan fingerprint density at radius 1 is 1.24 bits per heavy atom. The van der Waals surface area contributed by atoms with Crippen molar-refractivity contribution in [3.05, 3.63) is 48.0 Å². The second kappa shape index (κ2) is 4.67. The van der Waals surface area contributed by atoms with Gasteiger partial charge in [0.15, 0.2) is 0 Å². The van der Waals surface area contributed by atoms with Crippen LogP contribution in [0.1, 0.15) is 24.0 Å². The van der Waals surface area contributed by atoms with Crippen molar-refractivity contribution in [3.63, 3.8) is 0 Å². The molecule has 4 heteroatoms. The van der Waals surface area contributed by atoms with Gasteiger partial charge in [0.25, 0.3) is 0 Å². The molecule has 1 heterocycles. The van der Waals surface area contributed by atoms with Crippen molar-refractivity contribution in [2.24, 2.45) is 0 Å². The monoisotopic (exact) mass is 228 g/mol. The van der Waals surface area contributed by atoms with Gasteiger partial charge in [-0.2, -0.15) is 5.10 Å². The van der Waals surface area contributed by atoms with Crippen LogP contribution in [0.2, 0.25) is 0 Å². The second-order valence-corrected chi connectivity index (χ2v) is 4.52. The maximum absolute atomic E-state index is 4.15. The molecule has 0 radical (unpaired) electrons. The first kappa shape index (κ1) is 10.5. The highest BCUT2D eigenvalue weighted by Gasteiger charge is 2.20. The van der Waals surface area contributed by atoms with Crippen LogP contribution in [0.25, 0.3) is 0 Å². The molecule has 0 aliphatic heterocycles. The van der Waals surface area contributed by atoms with Gasteiger partial charge in [0.05, 0.1) is 6.54 Å². The minimum atomic E-state index is 0.745. The van der Waals surface area contributed by atoms with Crippen LogP contribution in [0.5, 0.6) is 0 Å². The second-order valence-electron chi connectivity index (χ2n) is 4.52. The van der Waals surface area contributed by atoms with Gasteiger partial charge >= 0.3 is 0 Å². The highest BCUT2D eigenvalue weighted by atomic mass is 15.3. The van der Waals surface area contributed by atoms with Crippen molar-refractivity contribution in [2.75, 3.05) is 0 Å². The number of hydrogen-bond donors (Lipinski definition) is 1. The summed E-state index contributed by atoms with van der Waals surface area (Å²) in [6, 6.07) is 9.25. The summed E-state index contributed by atoms with van der Waals surface area (Å²) in [7, 11) is 0. The lowest BCUT2D eigenvalue weighted by molar-refractivity contribution is 0.653. The molecular formula is C13H16N4. The lowest BCUT2D eigenvalue weighted by Crippen LogP contribution is -2.17. The summed E-state index contributed by atoms with van der Waals surface area (Å²) in [6.45, 7) is 1.75. The van der Waals surface area contributed by atoms with E-state index in [1.54, 1.807) is 12.7 Å². The molecule has 0 saturated heterocycles. The molecule has 1 aliphatic rings. The van der Waals surface area contributed by atoms with Crippen molar-refractivity contribution < 1.29 is 0 Å². The Hall–Kier alpha value is -1.68. The summed E-state index contributed by atoms with van der Waals surface area (Å²) in [6.07, 6.45) is 5.98. The number of rotatable bonds is 5. The van der Waals surface area contributed by atoms with Gasteiger partial charge in [-0.05, 0) is 24.0 Å². The third-order valence-corrected chi connectivity index (χ3v) is 3.08. The van der Waals surface area contributed by atoms with Gasteiger partial charge < -0.3 is 5.32 Å². The molecule has 0 bridgehead atoms. The minimum Gasteiger partial charge on any atom is -0.310 e. The van der Waals surface area contributed by atoms with Gasteiger partial charge in [0, 0.05) is 12.6 Å². The summed E-state index contributed by atoms with van der Waals surface area (Å²) in [5.41, 5.74) is 2.67. The first-order valence-electron chi connectivity index (χ1n) is 6.04. The molecule has 1 aliphatic carbocycles. The molecule has 17 heavy (non-hydrogen) atoms. The fourth-order valence-corrected chi connectivity index (χ4v) is 1.91. The topological polar surface area (TPSA) is 42.7 Å². The van der Waals surface area contributed by atoms with Gasteiger partial charge in [-0.25, -0.2) is 9.67 Å². The Bertz CT molecular complexity index is 474. The van der Waals surface area contributed by atoms with Crippen molar-refractivity contribution in [2.45, 2.75) is 32.0 Å². The zero-order valence-electron chi connectivity index (χ0n) is 9.71. The predicted octanol–water partition coefficient (Wildman–Crippen LogP) is 1.58. The van der Waals surface area contributed by atoms with Gasteiger partial charge in [-0.1, -0.05) is 24.3 Å². The van der Waals surface area contributed by atoms with Crippen LogP contribution in [-0.4, -0.2) is 20.8 Å². The van der Waals surface area contributed by atoms with Crippen molar-refractivity contribution in [1.29, 1.82) is 0 Å². The number of benzene rings is 1. The molecule has 2 aromatic rings. The van der Waals surface area contributed by atoms with E-state index >= 15 is 0 Å². The van der Waals surface area contributed by atoms with E-state index in [0.717, 1.165) is 19.1 Å². The van der Waals surface area contributed by atoms with E-state index < -0.39 is 0 Å². The molecule has 1 fully saturated rings. The van der Waals surface area contributed by atoms with E-state index in [-0.39, 0.29) is 0 Å². The smallest absolute Gasteiger partial charge is 0.137 e. The zero-order chi connectivity index (χ0) is 11.5. The maximum Gasteiger partial charge on any atom is 0.137 e. The van der Waals surface area contributed by atoms with Crippen LogP contribution in [-0.2, 0) is 13.1 Å². The lowest BCUT2D eigenvalue weighted by atomic mass is 10.1. The third kappa shape index (κ3) is 2.71. The van der Waals surface area contributed by atoms with Crippen molar-refractivity contribution >= 4 is 0 Å². The van der Waals surface area contributed by atoms with Gasteiger partial charge in [0.1, 0.15) is 12.7 Å². The fraction of sp³-hybridized carbons (Fsp3) is 0.385. The average Bonchev–Trinajstić information content (AvgIpc) is 3.05. The Kier molecular flexibility index (Phi) is 2.88. The van der Waals surface area contributed by atoms with Gasteiger partial charge in [0.2, 0.25) is 0 Å². The first-order chi connectivity index (χ1) is 8.42. The highest BCUT2D eigenvalue weighted by molar-refractivity contribution is 5.27. The minimum absolute atomic E-state index is 0.745. The summed E-state index contributed by atoms with van der Waals surface area (Å²) in [5.74, 6) is 0. The Labute approximate surface area is 101 Å². The standard InChI is InChI=1S/C13H16N4/c1-2-4-12(8-17-10-14-9-16-17)11(3-1)7-15-13-5-6-13/h1-4,9-10,13,15H,5-8H2. The summed E-state index contributed by atoms with van der Waals surface area (Å²) in [4.78, 5) is 3.97. The molecule has 4 nitrogen and oxygen atoms in total. The quantitative estimate of drug-likeness (QED) is 0.845. The number of nitrogens with zero attached hydrogens (tertiary/aromatic N) is 3. The largest absolute Gasteiger partial charge is 0.310 e. The van der Waals surface area contributed by atoms with Crippen LogP contribution in [0.3, 0.4) is 0 Å². The van der Waals surface area contributed by atoms with E-state index in [0.29, 0.717) is 0 Å². The molecule has 3 rings (SSSR count). The van der Waals surface area contributed by atoms with Crippen molar-refractivity contribution in [3.8, 4) is 0 Å². The van der Waals surface area contributed by atoms with E-state index in [2.05, 4.69) is 39.7 Å². The van der Waals surface area contributed by atoms with Crippen LogP contribution in [0, 0.1) is 0 Å². The van der Waals surface area contributed by atoms with Crippen molar-refractivity contribution in [1.82, 2.24) is 20.1 Å². The molecule has 0 unspecified atom stereocenters. The molecule has 0 atom stereocenters. The Morgan fingerprint density at radius 3 is 2.76 bits per heavy atom. The summed E-state index contributed by atoms with van der Waals surface area (Å²) < 4.78 is 1.86. The van der Waals surface area contributed by atoms with E-state index in [4.69, 9.17) is 0 Å². The number of aromatic nitrogens is 3. The van der Waals surface area contributed by atoms with E-state index in [1.807, 2.05) is 4.68 Å². The molecule has 1 aromatic carbocycles. The number of hydrogen-bond acceptors (Lipinski definition) is 3. The van der Waals surface area contributed by atoms with Crippen LogP contribution < -0.4 is 5.32 Å². The first-order valence-corrected chi connectivity index (χ1v) is 6.04. The SMILES string of the molecule is c1ccc(Cn2cncn2)c(CNC2CC2)c1. The third-order valence-electron chi connectivity index (χ3n) is 3.08.